The summed E-state index contributed by atoms with van der Waals surface area (Å²) in [6.45, 7) is 2.84. The van der Waals surface area contributed by atoms with Crippen LogP contribution in [0.3, 0.4) is 0 Å². The molecule has 0 unspecified atom stereocenters. The van der Waals surface area contributed by atoms with Gasteiger partial charge >= 0.3 is 0 Å². The van der Waals surface area contributed by atoms with Crippen LogP contribution in [-0.2, 0) is 12.8 Å². The smallest absolute Gasteiger partial charge is 0.152 e. The molecule has 0 saturated carbocycles. The number of nitrogens with two attached hydrogens (primary N) is 1. The molecule has 0 atom stereocenters. The number of aromatic hydroxyl groups is 1. The van der Waals surface area contributed by atoms with Crippen molar-refractivity contribution in [3.05, 3.63) is 41.5 Å². The molecule has 0 saturated heterocycles. The van der Waals surface area contributed by atoms with Crippen molar-refractivity contribution in [2.75, 3.05) is 49.0 Å². The van der Waals surface area contributed by atoms with E-state index in [1.54, 1.807) is 5.01 Å². The van der Waals surface area contributed by atoms with Gasteiger partial charge in [-0.05, 0) is 43.4 Å². The van der Waals surface area contributed by atoms with Crippen molar-refractivity contribution in [1.82, 2.24) is 0 Å². The molecule has 6 nitrogen and oxygen atoms in total. The van der Waals surface area contributed by atoms with Crippen molar-refractivity contribution in [2.45, 2.75) is 25.7 Å². The number of hydrazone groups is 1. The molecule has 6 heteroatoms. The Balaban J connectivity index is 1.49. The number of quaternary nitrogens is 1. The molecule has 0 amide bonds. The van der Waals surface area contributed by atoms with Crippen LogP contribution in [0.5, 0.6) is 5.75 Å². The lowest BCUT2D eigenvalue weighted by Crippen LogP contribution is -2.72. The maximum Gasteiger partial charge on any atom is 0.152 e. The lowest BCUT2D eigenvalue weighted by Gasteiger charge is -2.38. The third kappa shape index (κ3) is 3.52. The van der Waals surface area contributed by atoms with E-state index in [2.05, 4.69) is 38.8 Å². The quantitative estimate of drug-likeness (QED) is 0.409. The van der Waals surface area contributed by atoms with Crippen molar-refractivity contribution in [1.29, 1.82) is 0 Å². The zero-order valence-corrected chi connectivity index (χ0v) is 16.8. The number of phenolic OH excluding ortho intramolecular Hbond substituents is 1. The summed E-state index contributed by atoms with van der Waals surface area (Å²) in [6, 6.07) is 10.3. The summed E-state index contributed by atoms with van der Waals surface area (Å²) in [5, 5.41) is 22.7. The Morgan fingerprint density at radius 1 is 1.25 bits per heavy atom. The first kappa shape index (κ1) is 18.6. The van der Waals surface area contributed by atoms with E-state index >= 15 is 0 Å². The van der Waals surface area contributed by atoms with Gasteiger partial charge in [0.1, 0.15) is 11.4 Å². The van der Waals surface area contributed by atoms with Crippen molar-refractivity contribution in [2.24, 2.45) is 5.10 Å². The van der Waals surface area contributed by atoms with E-state index in [9.17, 15) is 5.11 Å². The summed E-state index contributed by atoms with van der Waals surface area (Å²) in [6.07, 6.45) is 6.16. The van der Waals surface area contributed by atoms with Crippen molar-refractivity contribution in [3.8, 4) is 5.75 Å². The fraction of sp³-hybridized carbons (Fsp3) is 0.409. The van der Waals surface area contributed by atoms with Crippen molar-refractivity contribution < 1.29 is 10.4 Å². The third-order valence-corrected chi connectivity index (χ3v) is 5.73. The molecule has 4 rings (SSSR count). The fourth-order valence-electron chi connectivity index (χ4n) is 4.36. The first-order valence-corrected chi connectivity index (χ1v) is 10.2. The van der Waals surface area contributed by atoms with Gasteiger partial charge in [0.25, 0.3) is 0 Å². The molecule has 148 valence electrons. The average Bonchev–Trinajstić information content (AvgIpc) is 2.73. The van der Waals surface area contributed by atoms with Gasteiger partial charge < -0.3 is 20.6 Å². The number of phenols is 1. The van der Waals surface area contributed by atoms with E-state index in [0.717, 1.165) is 49.3 Å². The summed E-state index contributed by atoms with van der Waals surface area (Å²) in [4.78, 5) is 2.44. The second kappa shape index (κ2) is 8.10. The van der Waals surface area contributed by atoms with Crippen LogP contribution >= 0.6 is 0 Å². The van der Waals surface area contributed by atoms with Gasteiger partial charge in [0.2, 0.25) is 0 Å². The number of nitrogens with zero attached hydrogens (tertiary/aromatic N) is 3. The molecule has 0 aliphatic carbocycles. The van der Waals surface area contributed by atoms with Gasteiger partial charge in [0.05, 0.1) is 19.3 Å². The molecule has 2 aromatic rings. The molecule has 4 N–H and O–H groups in total. The number of aryl methyl sites for hydroxylation is 1. The van der Waals surface area contributed by atoms with Crippen LogP contribution in [0.4, 0.5) is 22.7 Å². The maximum absolute atomic E-state index is 10.9. The Morgan fingerprint density at radius 3 is 2.86 bits per heavy atom. The van der Waals surface area contributed by atoms with Crippen LogP contribution in [0.15, 0.2) is 35.4 Å². The zero-order chi connectivity index (χ0) is 19.5. The first-order chi connectivity index (χ1) is 13.7. The highest BCUT2D eigenvalue weighted by Crippen LogP contribution is 2.45. The number of benzene rings is 2. The fourth-order valence-corrected chi connectivity index (χ4v) is 4.36. The van der Waals surface area contributed by atoms with Crippen LogP contribution in [-0.4, -0.2) is 45.1 Å². The molecular weight excluding hydrogens is 350 g/mol. The Kier molecular flexibility index (Phi) is 5.39. The molecule has 2 aromatic carbocycles. The average molecular weight is 381 g/mol. The molecule has 0 fully saturated rings. The zero-order valence-electron chi connectivity index (χ0n) is 16.8. The highest BCUT2D eigenvalue weighted by atomic mass is 16.3. The highest BCUT2D eigenvalue weighted by molar-refractivity contribution is 5.77. The Labute approximate surface area is 166 Å². The van der Waals surface area contributed by atoms with E-state index in [0.29, 0.717) is 12.3 Å². The molecule has 2 aliphatic rings. The number of para-hydroxylation sites is 2. The molecule has 2 aliphatic heterocycles. The van der Waals surface area contributed by atoms with Gasteiger partial charge in [-0.3, -0.25) is 5.01 Å². The minimum Gasteiger partial charge on any atom is -0.505 e. The SMILES string of the molecule is C[NH2+]c1ccccc1NC/C=N/N(C)c1cc2c3c(c1O)CCCN3CCC2. The number of nitrogens with one attached hydrogen (secondary N) is 1. The monoisotopic (exact) mass is 380 g/mol. The molecule has 28 heavy (non-hydrogen) atoms. The largest absolute Gasteiger partial charge is 0.505 e. The molecule has 0 radical (unpaired) electrons. The van der Waals surface area contributed by atoms with E-state index < -0.39 is 0 Å². The molecular formula is C22H30N5O+. The predicted octanol–water partition coefficient (Wildman–Crippen LogP) is 2.45. The standard InChI is InChI=1S/C22H29N5O/c1-23-18-9-3-4-10-19(18)24-11-12-25-26(2)20-15-16-7-5-13-27-14-6-8-17(21(16)27)22(20)28/h3-4,9-10,12,15,23-24,28H,5-8,11,13-14H2,1-2H3/p+1/b25-12+. The summed E-state index contributed by atoms with van der Waals surface area (Å²) in [7, 11) is 3.94. The second-order valence-corrected chi connectivity index (χ2v) is 7.50. The lowest BCUT2D eigenvalue weighted by atomic mass is 9.90. The van der Waals surface area contributed by atoms with E-state index in [1.807, 2.05) is 32.4 Å². The number of anilines is 3. The van der Waals surface area contributed by atoms with Gasteiger partial charge in [0, 0.05) is 43.7 Å². The number of hydrogen-bond donors (Lipinski definition) is 3. The summed E-state index contributed by atoms with van der Waals surface area (Å²) >= 11 is 0. The molecule has 2 heterocycles. The van der Waals surface area contributed by atoms with Gasteiger partial charge in [-0.1, -0.05) is 12.1 Å². The summed E-state index contributed by atoms with van der Waals surface area (Å²) in [5.41, 5.74) is 6.81. The van der Waals surface area contributed by atoms with Gasteiger partial charge in [-0.2, -0.15) is 5.10 Å². The minimum absolute atomic E-state index is 0.392. The van der Waals surface area contributed by atoms with Crippen LogP contribution in [0.2, 0.25) is 0 Å². The summed E-state index contributed by atoms with van der Waals surface area (Å²) in [5.74, 6) is 0.392. The first-order valence-electron chi connectivity index (χ1n) is 10.2. The van der Waals surface area contributed by atoms with Crippen LogP contribution in [0, 0.1) is 0 Å². The molecule has 0 spiro atoms. The van der Waals surface area contributed by atoms with Crippen molar-refractivity contribution >= 4 is 29.0 Å². The third-order valence-electron chi connectivity index (χ3n) is 5.73. The number of rotatable bonds is 6. The Bertz CT molecular complexity index is 877. The van der Waals surface area contributed by atoms with Gasteiger partial charge in [-0.25, -0.2) is 0 Å². The van der Waals surface area contributed by atoms with E-state index in [-0.39, 0.29) is 0 Å². The normalized spacial score (nSPS) is 15.6. The second-order valence-electron chi connectivity index (χ2n) is 7.50. The highest BCUT2D eigenvalue weighted by Gasteiger charge is 2.28. The maximum atomic E-state index is 10.9. The van der Waals surface area contributed by atoms with E-state index in [4.69, 9.17) is 0 Å². The molecule has 0 bridgehead atoms. The van der Waals surface area contributed by atoms with Crippen molar-refractivity contribution in [3.63, 3.8) is 0 Å². The van der Waals surface area contributed by atoms with Gasteiger partial charge in [-0.15, -0.1) is 0 Å². The Hall–Kier alpha value is -2.73. The molecule has 0 aromatic heterocycles. The van der Waals surface area contributed by atoms with Crippen LogP contribution in [0.1, 0.15) is 24.0 Å². The minimum atomic E-state index is 0.392. The lowest BCUT2D eigenvalue weighted by molar-refractivity contribution is -0.538. The van der Waals surface area contributed by atoms with Crippen LogP contribution in [0.25, 0.3) is 0 Å². The van der Waals surface area contributed by atoms with E-state index in [1.165, 1.54) is 23.4 Å². The topological polar surface area (TPSA) is 67.7 Å². The Morgan fingerprint density at radius 2 is 2.04 bits per heavy atom. The predicted molar refractivity (Wildman–Crippen MR) is 116 cm³/mol. The summed E-state index contributed by atoms with van der Waals surface area (Å²) < 4.78 is 0. The number of hydrogen-bond acceptors (Lipinski definition) is 5. The van der Waals surface area contributed by atoms with Gasteiger partial charge in [0.15, 0.2) is 5.69 Å². The van der Waals surface area contributed by atoms with Crippen LogP contribution < -0.4 is 20.5 Å².